The third-order valence-electron chi connectivity index (χ3n) is 5.12. The molecule has 0 amide bonds. The topological polar surface area (TPSA) is 24.1 Å². The molecule has 2 nitrogen and oxygen atoms in total. The molecule has 0 bridgehead atoms. The highest BCUT2D eigenvalue weighted by molar-refractivity contribution is 4.53. The van der Waals surface area contributed by atoms with Gasteiger partial charge in [-0.05, 0) is 51.9 Å². The third-order valence-corrected chi connectivity index (χ3v) is 5.12. The van der Waals surface area contributed by atoms with Crippen LogP contribution >= 0.6 is 0 Å². The highest BCUT2D eigenvalue weighted by Crippen LogP contribution is 2.07. The van der Waals surface area contributed by atoms with E-state index in [1.165, 1.54) is 135 Å². The zero-order valence-corrected chi connectivity index (χ0v) is 17.8. The summed E-state index contributed by atoms with van der Waals surface area (Å²) in [5, 5.41) is 7.20. The normalized spacial score (nSPS) is 11.3. The summed E-state index contributed by atoms with van der Waals surface area (Å²) in [4.78, 5) is 0. The van der Waals surface area contributed by atoms with Gasteiger partial charge < -0.3 is 10.6 Å². The fourth-order valence-electron chi connectivity index (χ4n) is 3.34. The Bertz CT molecular complexity index is 196. The van der Waals surface area contributed by atoms with Crippen molar-refractivity contribution in [1.29, 1.82) is 0 Å². The van der Waals surface area contributed by atoms with Gasteiger partial charge in [-0.1, -0.05) is 97.3 Å². The fourth-order valence-corrected chi connectivity index (χ4v) is 3.34. The Morgan fingerprint density at radius 2 is 0.560 bits per heavy atom. The summed E-state index contributed by atoms with van der Waals surface area (Å²) in [7, 11) is 0. The van der Waals surface area contributed by atoms with Crippen LogP contribution in [0.3, 0.4) is 0 Å². The van der Waals surface area contributed by atoms with Crippen molar-refractivity contribution in [2.45, 2.75) is 123 Å². The standard InChI is InChI=1S/C23H50N2/c1-3-5-7-12-16-20-24-22-18-14-10-9-11-15-19-23-25-21-17-13-8-6-4-2/h24-25H,3-23H2,1-2H3. The highest BCUT2D eigenvalue weighted by Gasteiger charge is 1.94. The van der Waals surface area contributed by atoms with Crippen LogP contribution in [0.25, 0.3) is 0 Å². The number of nitrogens with one attached hydrogen (secondary N) is 2. The summed E-state index contributed by atoms with van der Waals surface area (Å²) in [5.74, 6) is 0. The van der Waals surface area contributed by atoms with Crippen molar-refractivity contribution in [2.75, 3.05) is 26.2 Å². The highest BCUT2D eigenvalue weighted by atomic mass is 14.8. The molecule has 0 aliphatic carbocycles. The number of hydrogen-bond acceptors (Lipinski definition) is 2. The van der Waals surface area contributed by atoms with Crippen molar-refractivity contribution >= 4 is 0 Å². The molecule has 0 rings (SSSR count). The molecular weight excluding hydrogens is 304 g/mol. The minimum absolute atomic E-state index is 1.23. The van der Waals surface area contributed by atoms with Gasteiger partial charge in [0.1, 0.15) is 0 Å². The molecule has 0 aromatic heterocycles. The van der Waals surface area contributed by atoms with Crippen molar-refractivity contribution < 1.29 is 0 Å². The molecule has 152 valence electrons. The van der Waals surface area contributed by atoms with Crippen molar-refractivity contribution in [3.05, 3.63) is 0 Å². The summed E-state index contributed by atoms with van der Waals surface area (Å²) >= 11 is 0. The van der Waals surface area contributed by atoms with Gasteiger partial charge in [0.05, 0.1) is 0 Å². The van der Waals surface area contributed by atoms with Crippen molar-refractivity contribution in [1.82, 2.24) is 10.6 Å². The molecule has 0 aromatic rings. The second kappa shape index (κ2) is 23.9. The van der Waals surface area contributed by atoms with Gasteiger partial charge in [-0.2, -0.15) is 0 Å². The van der Waals surface area contributed by atoms with E-state index in [0.29, 0.717) is 0 Å². The van der Waals surface area contributed by atoms with E-state index in [1.54, 1.807) is 0 Å². The summed E-state index contributed by atoms with van der Waals surface area (Å²) < 4.78 is 0. The Morgan fingerprint density at radius 3 is 0.840 bits per heavy atom. The molecule has 0 atom stereocenters. The maximum Gasteiger partial charge on any atom is -0.00489 e. The smallest absolute Gasteiger partial charge is 0.00489 e. The molecule has 0 unspecified atom stereocenters. The van der Waals surface area contributed by atoms with Crippen molar-refractivity contribution in [2.24, 2.45) is 0 Å². The van der Waals surface area contributed by atoms with Crippen LogP contribution in [0.15, 0.2) is 0 Å². The van der Waals surface area contributed by atoms with Crippen LogP contribution in [0.4, 0.5) is 0 Å². The Kier molecular flexibility index (Phi) is 23.8. The fraction of sp³-hybridized carbons (Fsp3) is 1.00. The van der Waals surface area contributed by atoms with E-state index < -0.39 is 0 Å². The van der Waals surface area contributed by atoms with E-state index in [0.717, 1.165) is 0 Å². The minimum atomic E-state index is 1.23. The van der Waals surface area contributed by atoms with Crippen LogP contribution < -0.4 is 10.6 Å². The molecule has 0 fully saturated rings. The lowest BCUT2D eigenvalue weighted by Gasteiger charge is -2.06. The lowest BCUT2D eigenvalue weighted by Crippen LogP contribution is -2.16. The first-order chi connectivity index (χ1) is 12.4. The molecule has 0 saturated carbocycles. The van der Waals surface area contributed by atoms with Gasteiger partial charge in [-0.15, -0.1) is 0 Å². The lowest BCUT2D eigenvalue weighted by atomic mass is 10.1. The van der Waals surface area contributed by atoms with E-state index in [2.05, 4.69) is 24.5 Å². The minimum Gasteiger partial charge on any atom is -0.317 e. The molecule has 0 radical (unpaired) electrons. The largest absolute Gasteiger partial charge is 0.317 e. The Labute approximate surface area is 160 Å². The molecule has 0 aliphatic heterocycles. The first-order valence-electron chi connectivity index (χ1n) is 11.8. The van der Waals surface area contributed by atoms with E-state index in [9.17, 15) is 0 Å². The maximum atomic E-state index is 3.60. The first-order valence-corrected chi connectivity index (χ1v) is 11.8. The SMILES string of the molecule is CCCCCCCNCCCCCCCCCNCCCCCCC. The van der Waals surface area contributed by atoms with Crippen LogP contribution in [0.1, 0.15) is 123 Å². The number of unbranched alkanes of at least 4 members (excludes halogenated alkanes) is 14. The van der Waals surface area contributed by atoms with Gasteiger partial charge in [0, 0.05) is 0 Å². The van der Waals surface area contributed by atoms with Gasteiger partial charge in [0.15, 0.2) is 0 Å². The molecule has 0 aliphatic rings. The zero-order valence-electron chi connectivity index (χ0n) is 17.8. The van der Waals surface area contributed by atoms with Gasteiger partial charge in [0.25, 0.3) is 0 Å². The summed E-state index contributed by atoms with van der Waals surface area (Å²) in [6.45, 7) is 9.49. The molecule has 0 heterocycles. The van der Waals surface area contributed by atoms with Crippen LogP contribution in [-0.2, 0) is 0 Å². The third kappa shape index (κ3) is 23.9. The van der Waals surface area contributed by atoms with E-state index in [4.69, 9.17) is 0 Å². The van der Waals surface area contributed by atoms with E-state index >= 15 is 0 Å². The Balaban J connectivity index is 2.94. The predicted molar refractivity (Wildman–Crippen MR) is 116 cm³/mol. The summed E-state index contributed by atoms with van der Waals surface area (Å²) in [6.07, 6.45) is 23.8. The van der Waals surface area contributed by atoms with Crippen LogP contribution in [0.5, 0.6) is 0 Å². The predicted octanol–water partition coefficient (Wildman–Crippen LogP) is 6.84. The average Bonchev–Trinajstić information content (AvgIpc) is 2.63. The van der Waals surface area contributed by atoms with Gasteiger partial charge in [-0.3, -0.25) is 0 Å². The molecule has 0 aromatic carbocycles. The first kappa shape index (κ1) is 24.9. The molecule has 2 N–H and O–H groups in total. The summed E-state index contributed by atoms with van der Waals surface area (Å²) in [6, 6.07) is 0. The van der Waals surface area contributed by atoms with Crippen molar-refractivity contribution in [3.8, 4) is 0 Å². The molecule has 0 spiro atoms. The van der Waals surface area contributed by atoms with Crippen LogP contribution in [0, 0.1) is 0 Å². The van der Waals surface area contributed by atoms with Gasteiger partial charge >= 0.3 is 0 Å². The quantitative estimate of drug-likeness (QED) is 0.208. The molecule has 25 heavy (non-hydrogen) atoms. The number of rotatable bonds is 22. The van der Waals surface area contributed by atoms with E-state index in [1.807, 2.05) is 0 Å². The lowest BCUT2D eigenvalue weighted by molar-refractivity contribution is 0.528. The summed E-state index contributed by atoms with van der Waals surface area (Å²) in [5.41, 5.74) is 0. The Hall–Kier alpha value is -0.0800. The van der Waals surface area contributed by atoms with Crippen LogP contribution in [-0.4, -0.2) is 26.2 Å². The molecular formula is C23H50N2. The van der Waals surface area contributed by atoms with Crippen molar-refractivity contribution in [3.63, 3.8) is 0 Å². The van der Waals surface area contributed by atoms with E-state index in [-0.39, 0.29) is 0 Å². The zero-order chi connectivity index (χ0) is 18.3. The van der Waals surface area contributed by atoms with Gasteiger partial charge in [0.2, 0.25) is 0 Å². The molecule has 0 saturated heterocycles. The average molecular weight is 355 g/mol. The van der Waals surface area contributed by atoms with Gasteiger partial charge in [-0.25, -0.2) is 0 Å². The Morgan fingerprint density at radius 1 is 0.320 bits per heavy atom. The monoisotopic (exact) mass is 354 g/mol. The molecule has 2 heteroatoms. The second-order valence-corrected chi connectivity index (χ2v) is 7.80. The second-order valence-electron chi connectivity index (χ2n) is 7.80. The van der Waals surface area contributed by atoms with Crippen LogP contribution in [0.2, 0.25) is 0 Å². The maximum absolute atomic E-state index is 3.60. The number of hydrogen-bond donors (Lipinski definition) is 2.